The summed E-state index contributed by atoms with van der Waals surface area (Å²) in [5.41, 5.74) is 0.308. The second-order valence-corrected chi connectivity index (χ2v) is 5.56. The molecule has 1 aliphatic carbocycles. The largest absolute Gasteiger partial charge is 0.500 e. The van der Waals surface area contributed by atoms with Gasteiger partial charge in [0.1, 0.15) is 0 Å². The molecule has 0 aromatic rings. The molecule has 3 nitrogen and oxygen atoms in total. The van der Waals surface area contributed by atoms with Gasteiger partial charge in [0, 0.05) is 19.8 Å². The van der Waals surface area contributed by atoms with Crippen LogP contribution in [-0.2, 0) is 8.85 Å². The molecule has 0 bridgehead atoms. The van der Waals surface area contributed by atoms with Crippen LogP contribution < -0.4 is 0 Å². The lowest BCUT2D eigenvalue weighted by Crippen LogP contribution is -2.47. The molecule has 1 aliphatic rings. The average Bonchev–Trinajstić information content (AvgIpc) is 1.84. The quantitative estimate of drug-likeness (QED) is 0.623. The van der Waals surface area contributed by atoms with Crippen LogP contribution in [0.1, 0.15) is 19.3 Å². The highest BCUT2D eigenvalue weighted by atomic mass is 28.4. The van der Waals surface area contributed by atoms with E-state index in [2.05, 4.69) is 0 Å². The van der Waals surface area contributed by atoms with Crippen molar-refractivity contribution in [3.05, 3.63) is 0 Å². The molecule has 0 amide bonds. The lowest BCUT2D eigenvalue weighted by Gasteiger charge is -2.34. The number of hydrogen-bond acceptors (Lipinski definition) is 3. The van der Waals surface area contributed by atoms with E-state index >= 15 is 0 Å². The van der Waals surface area contributed by atoms with Gasteiger partial charge in [0.05, 0.1) is 0 Å². The monoisotopic (exact) mass is 162 g/mol. The first-order valence-electron chi connectivity index (χ1n) is 3.55. The van der Waals surface area contributed by atoms with E-state index < -0.39 is 8.80 Å². The molecule has 60 valence electrons. The number of hydrogen-bond donors (Lipinski definition) is 1. The molecule has 1 N–H and O–H groups in total. The van der Waals surface area contributed by atoms with Gasteiger partial charge in [-0.2, -0.15) is 0 Å². The fourth-order valence-electron chi connectivity index (χ4n) is 1.19. The molecule has 0 heterocycles. The molecule has 0 atom stereocenters. The van der Waals surface area contributed by atoms with E-state index in [0.717, 1.165) is 12.8 Å². The normalized spacial score (nSPS) is 20.7. The second kappa shape index (κ2) is 3.00. The Morgan fingerprint density at radius 1 is 1.30 bits per heavy atom. The minimum Gasteiger partial charge on any atom is -0.390 e. The third-order valence-electron chi connectivity index (χ3n) is 2.21. The first-order valence-corrected chi connectivity index (χ1v) is 5.39. The maximum Gasteiger partial charge on any atom is 0.500 e. The zero-order valence-electron chi connectivity index (χ0n) is 6.46. The fourth-order valence-corrected chi connectivity index (χ4v) is 3.16. The summed E-state index contributed by atoms with van der Waals surface area (Å²) in [7, 11) is 0.330. The summed E-state index contributed by atoms with van der Waals surface area (Å²) in [6.07, 6.45) is 3.32. The highest BCUT2D eigenvalue weighted by Crippen LogP contribution is 2.39. The molecule has 0 unspecified atom stereocenters. The Bertz CT molecular complexity index is 110. The molecule has 0 spiro atoms. The standard InChI is InChI=1S/C6H14O3Si/c1-8-10(7,9-2)6-4-3-5-6/h6-7H,3-5H2,1-2H3. The maximum absolute atomic E-state index is 9.64. The zero-order chi connectivity index (χ0) is 7.61. The Morgan fingerprint density at radius 3 is 1.90 bits per heavy atom. The Morgan fingerprint density at radius 2 is 1.80 bits per heavy atom. The molecule has 0 aliphatic heterocycles. The molecule has 1 fully saturated rings. The van der Waals surface area contributed by atoms with Crippen molar-refractivity contribution in [3.8, 4) is 0 Å². The van der Waals surface area contributed by atoms with Crippen LogP contribution in [-0.4, -0.2) is 27.8 Å². The Hall–Kier alpha value is 0.0969. The van der Waals surface area contributed by atoms with Crippen LogP contribution in [0.3, 0.4) is 0 Å². The van der Waals surface area contributed by atoms with Crippen molar-refractivity contribution in [2.24, 2.45) is 0 Å². The van der Waals surface area contributed by atoms with E-state index in [9.17, 15) is 4.80 Å². The summed E-state index contributed by atoms with van der Waals surface area (Å²) in [4.78, 5) is 9.64. The topological polar surface area (TPSA) is 38.7 Å². The third kappa shape index (κ3) is 1.25. The fraction of sp³-hybridized carbons (Fsp3) is 1.00. The molecule has 10 heavy (non-hydrogen) atoms. The summed E-state index contributed by atoms with van der Waals surface area (Å²) in [5, 5.41) is 0. The van der Waals surface area contributed by atoms with E-state index in [-0.39, 0.29) is 0 Å². The van der Waals surface area contributed by atoms with E-state index in [0.29, 0.717) is 5.54 Å². The van der Waals surface area contributed by atoms with Gasteiger partial charge in [-0.25, -0.2) is 0 Å². The van der Waals surface area contributed by atoms with Crippen LogP contribution in [0.25, 0.3) is 0 Å². The minimum absolute atomic E-state index is 0.308. The van der Waals surface area contributed by atoms with Crippen LogP contribution in [0.15, 0.2) is 0 Å². The minimum atomic E-state index is -2.71. The van der Waals surface area contributed by atoms with Gasteiger partial charge >= 0.3 is 8.80 Å². The van der Waals surface area contributed by atoms with Crippen LogP contribution in [0.4, 0.5) is 0 Å². The van der Waals surface area contributed by atoms with Crippen molar-refractivity contribution in [1.82, 2.24) is 0 Å². The van der Waals surface area contributed by atoms with Crippen molar-refractivity contribution in [2.45, 2.75) is 24.8 Å². The van der Waals surface area contributed by atoms with E-state index in [4.69, 9.17) is 8.85 Å². The second-order valence-electron chi connectivity index (χ2n) is 2.67. The smallest absolute Gasteiger partial charge is 0.390 e. The van der Waals surface area contributed by atoms with Crippen LogP contribution in [0, 0.1) is 0 Å². The van der Waals surface area contributed by atoms with Crippen molar-refractivity contribution in [3.63, 3.8) is 0 Å². The SMILES string of the molecule is CO[Si](O)(OC)C1CCC1. The van der Waals surface area contributed by atoms with Crippen LogP contribution in [0.2, 0.25) is 5.54 Å². The highest BCUT2D eigenvalue weighted by molar-refractivity contribution is 6.61. The van der Waals surface area contributed by atoms with Gasteiger partial charge in [-0.3, -0.25) is 0 Å². The van der Waals surface area contributed by atoms with Gasteiger partial charge < -0.3 is 13.6 Å². The molecular weight excluding hydrogens is 148 g/mol. The lowest BCUT2D eigenvalue weighted by atomic mass is 10.00. The summed E-state index contributed by atoms with van der Waals surface area (Å²) in [6.45, 7) is 0. The van der Waals surface area contributed by atoms with Gasteiger partial charge in [-0.15, -0.1) is 0 Å². The number of rotatable bonds is 3. The van der Waals surface area contributed by atoms with Crippen molar-refractivity contribution < 1.29 is 13.6 Å². The first kappa shape index (κ1) is 8.20. The van der Waals surface area contributed by atoms with Crippen LogP contribution >= 0.6 is 0 Å². The van der Waals surface area contributed by atoms with Crippen molar-refractivity contribution >= 4 is 8.80 Å². The predicted octanol–water partition coefficient (Wildman–Crippen LogP) is 0.764. The average molecular weight is 162 g/mol. The summed E-state index contributed by atoms with van der Waals surface area (Å²) >= 11 is 0. The van der Waals surface area contributed by atoms with Gasteiger partial charge in [0.15, 0.2) is 0 Å². The molecule has 1 saturated carbocycles. The van der Waals surface area contributed by atoms with Crippen molar-refractivity contribution in [2.75, 3.05) is 14.2 Å². The van der Waals surface area contributed by atoms with E-state index in [1.165, 1.54) is 20.6 Å². The van der Waals surface area contributed by atoms with Crippen LogP contribution in [0.5, 0.6) is 0 Å². The Balaban J connectivity index is 2.44. The van der Waals surface area contributed by atoms with Gasteiger partial charge in [-0.1, -0.05) is 6.42 Å². The van der Waals surface area contributed by atoms with E-state index in [1.807, 2.05) is 0 Å². The first-order chi connectivity index (χ1) is 4.73. The third-order valence-corrected chi connectivity index (χ3v) is 4.99. The molecule has 0 saturated heterocycles. The molecule has 0 aromatic carbocycles. The Labute approximate surface area is 62.3 Å². The molecule has 1 rings (SSSR count). The summed E-state index contributed by atoms with van der Waals surface area (Å²) in [6, 6.07) is 0. The van der Waals surface area contributed by atoms with Crippen molar-refractivity contribution in [1.29, 1.82) is 0 Å². The summed E-state index contributed by atoms with van der Waals surface area (Å²) < 4.78 is 9.93. The van der Waals surface area contributed by atoms with Gasteiger partial charge in [0.25, 0.3) is 0 Å². The van der Waals surface area contributed by atoms with Gasteiger partial charge in [0.2, 0.25) is 0 Å². The molecule has 0 radical (unpaired) electrons. The van der Waals surface area contributed by atoms with E-state index in [1.54, 1.807) is 0 Å². The Kier molecular flexibility index (Phi) is 2.46. The molecular formula is C6H14O3Si. The summed E-state index contributed by atoms with van der Waals surface area (Å²) in [5.74, 6) is 0. The highest BCUT2D eigenvalue weighted by Gasteiger charge is 2.47. The van der Waals surface area contributed by atoms with Gasteiger partial charge in [-0.05, 0) is 12.8 Å². The zero-order valence-corrected chi connectivity index (χ0v) is 7.46. The molecule has 0 aromatic heterocycles. The lowest BCUT2D eigenvalue weighted by molar-refractivity contribution is 0.122. The molecule has 4 heteroatoms. The maximum atomic E-state index is 9.64. The predicted molar refractivity (Wildman–Crippen MR) is 39.6 cm³/mol.